The van der Waals surface area contributed by atoms with Crippen molar-refractivity contribution in [2.45, 2.75) is 19.9 Å². The van der Waals surface area contributed by atoms with Crippen molar-refractivity contribution >= 4 is 11.8 Å². The summed E-state index contributed by atoms with van der Waals surface area (Å²) in [6.07, 6.45) is 1.40. The van der Waals surface area contributed by atoms with Gasteiger partial charge in [0, 0.05) is 6.92 Å². The van der Waals surface area contributed by atoms with E-state index < -0.39 is 12.0 Å². The van der Waals surface area contributed by atoms with Crippen LogP contribution in [0.1, 0.15) is 13.8 Å². The van der Waals surface area contributed by atoms with Gasteiger partial charge < -0.3 is 4.74 Å². The number of ether oxygens (including phenoxy) is 1. The molecule has 0 aliphatic carbocycles. The van der Waals surface area contributed by atoms with Gasteiger partial charge in [0.1, 0.15) is 5.70 Å². The van der Waals surface area contributed by atoms with Gasteiger partial charge in [-0.3, -0.25) is 4.79 Å². The Morgan fingerprint density at radius 1 is 1.62 bits per heavy atom. The zero-order valence-corrected chi connectivity index (χ0v) is 7.48. The van der Waals surface area contributed by atoms with E-state index in [9.17, 15) is 9.59 Å². The third-order valence-electron chi connectivity index (χ3n) is 1.49. The van der Waals surface area contributed by atoms with E-state index in [4.69, 9.17) is 4.74 Å². The summed E-state index contributed by atoms with van der Waals surface area (Å²) in [7, 11) is 0. The van der Waals surface area contributed by atoms with Crippen LogP contribution in [-0.2, 0) is 14.3 Å². The van der Waals surface area contributed by atoms with E-state index >= 15 is 0 Å². The summed E-state index contributed by atoms with van der Waals surface area (Å²) in [6, 6.07) is -0.737. The minimum atomic E-state index is -0.737. The molecule has 0 radical (unpaired) electrons. The first-order chi connectivity index (χ1) is 6.15. The summed E-state index contributed by atoms with van der Waals surface area (Å²) in [5.41, 5.74) is 0.220. The summed E-state index contributed by atoms with van der Waals surface area (Å²) >= 11 is 0. The predicted molar refractivity (Wildman–Crippen MR) is 44.0 cm³/mol. The van der Waals surface area contributed by atoms with E-state index in [1.54, 1.807) is 6.92 Å². The van der Waals surface area contributed by atoms with Crippen LogP contribution in [0, 0.1) is 0 Å². The lowest BCUT2D eigenvalue weighted by atomic mass is 10.2. The van der Waals surface area contributed by atoms with Crippen LogP contribution in [0.4, 0.5) is 0 Å². The molecule has 0 aromatic rings. The van der Waals surface area contributed by atoms with Crippen molar-refractivity contribution in [3.8, 4) is 0 Å². The Morgan fingerprint density at radius 3 is 2.77 bits per heavy atom. The largest absolute Gasteiger partial charge is 0.464 e. The molecule has 1 rings (SSSR count). The number of hydrogen-bond donors (Lipinski definition) is 0. The molecular formula is C8H10N2O3. The predicted octanol–water partition coefficient (Wildman–Crippen LogP) is 0.857. The Bertz CT molecular complexity index is 294. The van der Waals surface area contributed by atoms with Crippen LogP contribution in [0.25, 0.3) is 0 Å². The molecule has 0 unspecified atom stereocenters. The fourth-order valence-electron chi connectivity index (χ4n) is 0.871. The molecule has 13 heavy (non-hydrogen) atoms. The standard InChI is InChI=1S/C8H10N2O3/c1-3-13-8(12)7-4-6(5(2)11)9-10-7/h4,7H,3H2,1-2H3/t7-/m1/s1. The fraction of sp³-hybridized carbons (Fsp3) is 0.500. The molecular weight excluding hydrogens is 172 g/mol. The zero-order chi connectivity index (χ0) is 9.84. The van der Waals surface area contributed by atoms with Gasteiger partial charge >= 0.3 is 5.97 Å². The van der Waals surface area contributed by atoms with Crippen LogP contribution in [0.5, 0.6) is 0 Å². The van der Waals surface area contributed by atoms with Gasteiger partial charge in [-0.15, -0.1) is 0 Å². The highest BCUT2D eigenvalue weighted by atomic mass is 16.5. The van der Waals surface area contributed by atoms with E-state index in [0.29, 0.717) is 6.61 Å². The first-order valence-electron chi connectivity index (χ1n) is 3.95. The first-order valence-corrected chi connectivity index (χ1v) is 3.95. The zero-order valence-electron chi connectivity index (χ0n) is 7.48. The summed E-state index contributed by atoms with van der Waals surface area (Å²) in [5.74, 6) is -0.668. The van der Waals surface area contributed by atoms with Crippen molar-refractivity contribution in [1.82, 2.24) is 0 Å². The lowest BCUT2D eigenvalue weighted by Crippen LogP contribution is -2.17. The van der Waals surface area contributed by atoms with Crippen LogP contribution in [0.15, 0.2) is 22.0 Å². The number of rotatable bonds is 3. The van der Waals surface area contributed by atoms with Crippen LogP contribution in [-0.4, -0.2) is 24.4 Å². The second-order valence-corrected chi connectivity index (χ2v) is 2.52. The number of allylic oxidation sites excluding steroid dienone is 1. The van der Waals surface area contributed by atoms with E-state index in [1.807, 2.05) is 0 Å². The SMILES string of the molecule is CCOC(=O)[C@H]1C=C(C(C)=O)N=N1. The number of nitrogens with zero attached hydrogens (tertiary/aromatic N) is 2. The second kappa shape index (κ2) is 3.93. The summed E-state index contributed by atoms with van der Waals surface area (Å²) in [5, 5.41) is 7.15. The first kappa shape index (κ1) is 9.57. The number of ketones is 1. The Hall–Kier alpha value is -1.52. The highest BCUT2D eigenvalue weighted by Crippen LogP contribution is 2.14. The highest BCUT2D eigenvalue weighted by Gasteiger charge is 2.23. The minimum absolute atomic E-state index is 0.199. The molecule has 0 spiro atoms. The maximum absolute atomic E-state index is 11.1. The number of hydrogen-bond acceptors (Lipinski definition) is 5. The summed E-state index contributed by atoms with van der Waals surface area (Å²) in [6.45, 7) is 3.38. The van der Waals surface area contributed by atoms with Gasteiger partial charge in [0.25, 0.3) is 0 Å². The van der Waals surface area contributed by atoms with Gasteiger partial charge in [-0.25, -0.2) is 4.79 Å². The molecule has 1 heterocycles. The molecule has 5 nitrogen and oxygen atoms in total. The van der Waals surface area contributed by atoms with Crippen molar-refractivity contribution < 1.29 is 14.3 Å². The van der Waals surface area contributed by atoms with Gasteiger partial charge in [0.15, 0.2) is 11.8 Å². The quantitative estimate of drug-likeness (QED) is 0.608. The number of azo groups is 1. The van der Waals surface area contributed by atoms with Gasteiger partial charge in [0.05, 0.1) is 6.61 Å². The lowest BCUT2D eigenvalue weighted by Gasteiger charge is -2.01. The van der Waals surface area contributed by atoms with Crippen LogP contribution in [0.2, 0.25) is 0 Å². The van der Waals surface area contributed by atoms with Crippen LogP contribution < -0.4 is 0 Å². The minimum Gasteiger partial charge on any atom is -0.464 e. The monoisotopic (exact) mass is 182 g/mol. The molecule has 0 bridgehead atoms. The second-order valence-electron chi connectivity index (χ2n) is 2.52. The Labute approximate surface area is 75.5 Å². The van der Waals surface area contributed by atoms with Crippen LogP contribution >= 0.6 is 0 Å². The topological polar surface area (TPSA) is 68.1 Å². The van der Waals surface area contributed by atoms with Gasteiger partial charge in [-0.2, -0.15) is 10.2 Å². The van der Waals surface area contributed by atoms with Crippen molar-refractivity contribution in [3.05, 3.63) is 11.8 Å². The van der Waals surface area contributed by atoms with E-state index in [-0.39, 0.29) is 11.5 Å². The molecule has 0 N–H and O–H groups in total. The Balaban J connectivity index is 2.64. The third-order valence-corrected chi connectivity index (χ3v) is 1.49. The van der Waals surface area contributed by atoms with E-state index in [2.05, 4.69) is 10.2 Å². The Kier molecular flexibility index (Phi) is 2.89. The van der Waals surface area contributed by atoms with Gasteiger partial charge in [-0.05, 0) is 13.0 Å². The van der Waals surface area contributed by atoms with Crippen molar-refractivity contribution in [3.63, 3.8) is 0 Å². The summed E-state index contributed by atoms with van der Waals surface area (Å²) < 4.78 is 4.71. The highest BCUT2D eigenvalue weighted by molar-refractivity contribution is 5.94. The molecule has 1 aliphatic heterocycles. The number of Topliss-reactive ketones (excluding diaryl/α,β-unsaturated/α-hetero) is 1. The van der Waals surface area contributed by atoms with E-state index in [0.717, 1.165) is 0 Å². The van der Waals surface area contributed by atoms with Crippen molar-refractivity contribution in [2.24, 2.45) is 10.2 Å². The fourth-order valence-corrected chi connectivity index (χ4v) is 0.871. The van der Waals surface area contributed by atoms with Crippen molar-refractivity contribution in [1.29, 1.82) is 0 Å². The molecule has 1 atom stereocenters. The third kappa shape index (κ3) is 2.21. The average Bonchev–Trinajstić information content (AvgIpc) is 2.52. The molecule has 5 heteroatoms. The number of carbonyl (C=O) groups excluding carboxylic acids is 2. The average molecular weight is 182 g/mol. The molecule has 0 saturated carbocycles. The van der Waals surface area contributed by atoms with E-state index in [1.165, 1.54) is 13.0 Å². The van der Waals surface area contributed by atoms with Gasteiger partial charge in [-0.1, -0.05) is 0 Å². The summed E-state index contributed by atoms with van der Waals surface area (Å²) in [4.78, 5) is 21.9. The number of carbonyl (C=O) groups is 2. The molecule has 70 valence electrons. The molecule has 0 aromatic heterocycles. The molecule has 0 amide bonds. The Morgan fingerprint density at radius 2 is 2.31 bits per heavy atom. The lowest BCUT2D eigenvalue weighted by molar-refractivity contribution is -0.143. The smallest absolute Gasteiger partial charge is 0.336 e. The van der Waals surface area contributed by atoms with Gasteiger partial charge in [0.2, 0.25) is 0 Å². The molecule has 0 saturated heterocycles. The molecule has 0 aromatic carbocycles. The molecule has 0 fully saturated rings. The van der Waals surface area contributed by atoms with Crippen molar-refractivity contribution in [2.75, 3.05) is 6.61 Å². The maximum atomic E-state index is 11.1. The number of esters is 1. The molecule has 1 aliphatic rings. The normalized spacial score (nSPS) is 19.8. The van der Waals surface area contributed by atoms with Crippen LogP contribution in [0.3, 0.4) is 0 Å². The maximum Gasteiger partial charge on any atom is 0.336 e.